The first-order chi connectivity index (χ1) is 17.9. The maximum Gasteiger partial charge on any atom is 0.248 e. The van der Waals surface area contributed by atoms with Crippen LogP contribution in [-0.2, 0) is 4.79 Å². The Labute approximate surface area is 210 Å². The number of aromatic amines is 1. The van der Waals surface area contributed by atoms with Gasteiger partial charge >= 0.3 is 0 Å². The number of Topliss-reactive ketones (excluding diaryl/α,β-unsaturated/α-hetero) is 1. The molecule has 2 atom stereocenters. The van der Waals surface area contributed by atoms with Crippen LogP contribution in [0.25, 0.3) is 28.2 Å². The quantitative estimate of drug-likeness (QED) is 0.350. The Morgan fingerprint density at radius 2 is 2.00 bits per heavy atom. The maximum atomic E-state index is 15.0. The van der Waals surface area contributed by atoms with Crippen LogP contribution < -0.4 is 5.73 Å². The van der Waals surface area contributed by atoms with E-state index >= 15 is 0 Å². The molecule has 0 saturated carbocycles. The molecule has 1 amide bonds. The molecule has 0 spiro atoms. The molecule has 4 aromatic heterocycles. The van der Waals surface area contributed by atoms with Crippen molar-refractivity contribution in [2.24, 2.45) is 0 Å². The highest BCUT2D eigenvalue weighted by atomic mass is 19.1. The van der Waals surface area contributed by atoms with Gasteiger partial charge in [0.15, 0.2) is 17.2 Å². The van der Waals surface area contributed by atoms with Crippen LogP contribution in [0.1, 0.15) is 54.6 Å². The van der Waals surface area contributed by atoms with E-state index in [1.165, 1.54) is 36.1 Å². The molecule has 11 nitrogen and oxygen atoms in total. The zero-order valence-electron chi connectivity index (χ0n) is 20.1. The molecule has 0 aromatic carbocycles. The molecule has 2 saturated heterocycles. The summed E-state index contributed by atoms with van der Waals surface area (Å²) in [5.74, 6) is -0.968. The van der Waals surface area contributed by atoms with E-state index in [1.807, 2.05) is 0 Å². The molecule has 2 unspecified atom stereocenters. The topological polar surface area (TPSA) is 155 Å². The first kappa shape index (κ1) is 23.2. The second kappa shape index (κ2) is 8.73. The summed E-state index contributed by atoms with van der Waals surface area (Å²) >= 11 is 0. The van der Waals surface area contributed by atoms with Crippen molar-refractivity contribution < 1.29 is 19.1 Å². The van der Waals surface area contributed by atoms with Crippen molar-refractivity contribution in [1.82, 2.24) is 34.7 Å². The molecule has 37 heavy (non-hydrogen) atoms. The van der Waals surface area contributed by atoms with Crippen LogP contribution in [0.4, 0.5) is 10.2 Å². The third kappa shape index (κ3) is 3.67. The summed E-state index contributed by atoms with van der Waals surface area (Å²) in [4.78, 5) is 36.0. The summed E-state index contributed by atoms with van der Waals surface area (Å²) < 4.78 is 16.4. The van der Waals surface area contributed by atoms with Crippen LogP contribution in [0.2, 0.25) is 0 Å². The number of nitrogens with one attached hydrogen (secondary N) is 1. The Hall–Kier alpha value is -4.19. The SMILES string of the molecule is CC(=O)c1c(C2CC3CCC(C2)N3C(=O)CO)nc2c(-c3cnc(-c4ccn[nH]4)c(F)c3)cnn2c1N. The van der Waals surface area contributed by atoms with E-state index in [0.29, 0.717) is 46.6 Å². The average Bonchev–Trinajstić information content (AvgIpc) is 3.61. The van der Waals surface area contributed by atoms with Gasteiger partial charge in [0.2, 0.25) is 5.91 Å². The Morgan fingerprint density at radius 1 is 1.24 bits per heavy atom. The molecule has 190 valence electrons. The average molecular weight is 505 g/mol. The number of halogens is 1. The number of nitrogen functional groups attached to an aromatic ring is 1. The van der Waals surface area contributed by atoms with Crippen molar-refractivity contribution in [1.29, 1.82) is 0 Å². The van der Waals surface area contributed by atoms with Crippen LogP contribution in [0.15, 0.2) is 30.7 Å². The number of nitrogens with two attached hydrogens (primary N) is 1. The van der Waals surface area contributed by atoms with Crippen LogP contribution in [-0.4, -0.2) is 70.2 Å². The smallest absolute Gasteiger partial charge is 0.248 e. The molecule has 4 N–H and O–H groups in total. The summed E-state index contributed by atoms with van der Waals surface area (Å²) in [5.41, 5.74) is 9.33. The summed E-state index contributed by atoms with van der Waals surface area (Å²) in [5, 5.41) is 20.3. The fourth-order valence-electron chi connectivity index (χ4n) is 5.95. The van der Waals surface area contributed by atoms with E-state index in [1.54, 1.807) is 11.0 Å². The van der Waals surface area contributed by atoms with Crippen molar-refractivity contribution >= 4 is 23.2 Å². The number of aliphatic hydroxyl groups excluding tert-OH is 1. The zero-order chi connectivity index (χ0) is 25.8. The molecule has 2 aliphatic rings. The number of hydrogen-bond donors (Lipinski definition) is 3. The lowest BCUT2D eigenvalue weighted by atomic mass is 9.85. The van der Waals surface area contributed by atoms with Gasteiger partial charge in [0.1, 0.15) is 18.1 Å². The predicted octanol–water partition coefficient (Wildman–Crippen LogP) is 2.33. The van der Waals surface area contributed by atoms with Crippen molar-refractivity contribution in [2.75, 3.05) is 12.3 Å². The summed E-state index contributed by atoms with van der Waals surface area (Å²) in [7, 11) is 0. The lowest BCUT2D eigenvalue weighted by Gasteiger charge is -2.39. The van der Waals surface area contributed by atoms with E-state index in [-0.39, 0.29) is 41.2 Å². The number of ketones is 1. The van der Waals surface area contributed by atoms with E-state index in [4.69, 9.17) is 10.7 Å². The lowest BCUT2D eigenvalue weighted by molar-refractivity contribution is -0.138. The number of hydrogen-bond acceptors (Lipinski definition) is 8. The van der Waals surface area contributed by atoms with Crippen LogP contribution in [0, 0.1) is 5.82 Å². The number of rotatable bonds is 5. The van der Waals surface area contributed by atoms with Gasteiger partial charge in [0.05, 0.1) is 23.1 Å². The van der Waals surface area contributed by atoms with Crippen molar-refractivity contribution in [3.05, 3.63) is 47.8 Å². The van der Waals surface area contributed by atoms with Crippen LogP contribution in [0.5, 0.6) is 0 Å². The molecule has 2 aliphatic heterocycles. The molecule has 6 rings (SSSR count). The highest BCUT2D eigenvalue weighted by Crippen LogP contribution is 2.44. The van der Waals surface area contributed by atoms with Gasteiger partial charge in [-0.15, -0.1) is 0 Å². The molecule has 12 heteroatoms. The number of carbonyl (C=O) groups excluding carboxylic acids is 2. The Bertz CT molecular complexity index is 1520. The maximum absolute atomic E-state index is 15.0. The summed E-state index contributed by atoms with van der Waals surface area (Å²) in [6.07, 6.45) is 7.49. The molecule has 0 radical (unpaired) electrons. The van der Waals surface area contributed by atoms with Crippen molar-refractivity contribution in [3.8, 4) is 22.5 Å². The minimum atomic E-state index is -0.535. The minimum absolute atomic E-state index is 0.0276. The third-order valence-corrected chi connectivity index (χ3v) is 7.51. The van der Waals surface area contributed by atoms with E-state index < -0.39 is 12.4 Å². The van der Waals surface area contributed by atoms with Gasteiger partial charge in [-0.2, -0.15) is 14.7 Å². The largest absolute Gasteiger partial charge is 0.387 e. The summed E-state index contributed by atoms with van der Waals surface area (Å²) in [6.45, 7) is 0.927. The number of piperidine rings is 1. The second-order valence-corrected chi connectivity index (χ2v) is 9.64. The van der Waals surface area contributed by atoms with Gasteiger partial charge in [-0.3, -0.25) is 19.7 Å². The Balaban J connectivity index is 1.44. The predicted molar refractivity (Wildman–Crippen MR) is 131 cm³/mol. The standard InChI is InChI=1S/C25H25FN8O3/c1-12(36)21-22(13-6-15-2-3-16(7-13)33(15)20(37)11-35)31-25-17(10-30-34(25)24(21)27)14-8-18(26)23(28-9-14)19-4-5-29-32-19/h4-5,8-10,13,15-16,35H,2-3,6-7,11,27H2,1H3,(H,29,32). The van der Waals surface area contributed by atoms with Gasteiger partial charge in [-0.25, -0.2) is 9.37 Å². The monoisotopic (exact) mass is 504 g/mol. The van der Waals surface area contributed by atoms with Gasteiger partial charge in [-0.05, 0) is 44.7 Å². The zero-order valence-corrected chi connectivity index (χ0v) is 20.1. The van der Waals surface area contributed by atoms with Crippen molar-refractivity contribution in [2.45, 2.75) is 50.6 Å². The fraction of sp³-hybridized carbons (Fsp3) is 0.360. The first-order valence-electron chi connectivity index (χ1n) is 12.1. The summed E-state index contributed by atoms with van der Waals surface area (Å²) in [6, 6.07) is 2.93. The number of H-pyrrole nitrogens is 1. The molecule has 4 aromatic rings. The highest BCUT2D eigenvalue weighted by Gasteiger charge is 2.44. The van der Waals surface area contributed by atoms with E-state index in [0.717, 1.165) is 12.8 Å². The Morgan fingerprint density at radius 3 is 2.62 bits per heavy atom. The van der Waals surface area contributed by atoms with Crippen molar-refractivity contribution in [3.63, 3.8) is 0 Å². The van der Waals surface area contributed by atoms with Gasteiger partial charge in [0, 0.05) is 41.5 Å². The number of amides is 1. The molecule has 0 aliphatic carbocycles. The van der Waals surface area contributed by atoms with Gasteiger partial charge in [-0.1, -0.05) is 0 Å². The fourth-order valence-corrected chi connectivity index (χ4v) is 5.95. The molecule has 2 bridgehead atoms. The normalized spacial score (nSPS) is 21.1. The number of nitrogens with zero attached hydrogens (tertiary/aromatic N) is 6. The second-order valence-electron chi connectivity index (χ2n) is 9.64. The lowest BCUT2D eigenvalue weighted by Crippen LogP contribution is -2.47. The number of aliphatic hydroxyl groups is 1. The Kier molecular flexibility index (Phi) is 5.48. The third-order valence-electron chi connectivity index (χ3n) is 7.51. The highest BCUT2D eigenvalue weighted by molar-refractivity contribution is 6.00. The molecular weight excluding hydrogens is 479 g/mol. The van der Waals surface area contributed by atoms with Gasteiger partial charge < -0.3 is 15.7 Å². The number of aromatic nitrogens is 6. The number of fused-ring (bicyclic) bond motifs is 3. The first-order valence-corrected chi connectivity index (χ1v) is 12.1. The van der Waals surface area contributed by atoms with Gasteiger partial charge in [0.25, 0.3) is 0 Å². The minimum Gasteiger partial charge on any atom is -0.387 e. The van der Waals surface area contributed by atoms with Crippen LogP contribution >= 0.6 is 0 Å². The van der Waals surface area contributed by atoms with E-state index in [2.05, 4.69) is 20.3 Å². The molecular formula is C25H25FN8O3. The number of carbonyl (C=O) groups is 2. The molecule has 2 fully saturated rings. The van der Waals surface area contributed by atoms with Crippen LogP contribution in [0.3, 0.4) is 0 Å². The van der Waals surface area contributed by atoms with E-state index in [9.17, 15) is 19.1 Å². The number of pyridine rings is 1. The molecule has 6 heterocycles. The number of anilines is 1.